The number of nitrogens with one attached hydrogen (secondary N) is 1. The summed E-state index contributed by atoms with van der Waals surface area (Å²) in [7, 11) is 3.29. The molecule has 0 aliphatic carbocycles. The van der Waals surface area contributed by atoms with Crippen molar-refractivity contribution < 1.29 is 23.8 Å². The van der Waals surface area contributed by atoms with Crippen LogP contribution in [0.4, 0.5) is 5.69 Å². The Bertz CT molecular complexity index is 882. The molecular weight excluding hydrogens is 384 g/mol. The van der Waals surface area contributed by atoms with E-state index >= 15 is 0 Å². The minimum atomic E-state index is -0.373. The molecule has 1 aliphatic heterocycles. The van der Waals surface area contributed by atoms with Crippen LogP contribution in [0.15, 0.2) is 42.5 Å². The number of amides is 1. The van der Waals surface area contributed by atoms with Gasteiger partial charge in [0.15, 0.2) is 0 Å². The molecule has 1 fully saturated rings. The fourth-order valence-corrected chi connectivity index (χ4v) is 3.76. The third kappa shape index (κ3) is 5.10. The van der Waals surface area contributed by atoms with Crippen molar-refractivity contribution in [2.24, 2.45) is 0 Å². The Balaban J connectivity index is 1.66. The first-order valence-corrected chi connectivity index (χ1v) is 10.1. The van der Waals surface area contributed by atoms with Gasteiger partial charge in [0, 0.05) is 17.3 Å². The molecule has 160 valence electrons. The van der Waals surface area contributed by atoms with Gasteiger partial charge in [-0.1, -0.05) is 0 Å². The number of ether oxygens (including phenoxy) is 3. The number of hydrogen-bond donors (Lipinski definition) is 1. The summed E-state index contributed by atoms with van der Waals surface area (Å²) < 4.78 is 15.9. The summed E-state index contributed by atoms with van der Waals surface area (Å²) in [6, 6.07) is 12.5. The number of hydrogen-bond acceptors (Lipinski definition) is 6. The van der Waals surface area contributed by atoms with Crippen molar-refractivity contribution in [2.45, 2.75) is 25.8 Å². The van der Waals surface area contributed by atoms with Crippen LogP contribution >= 0.6 is 0 Å². The van der Waals surface area contributed by atoms with E-state index in [2.05, 4.69) is 10.2 Å². The highest BCUT2D eigenvalue weighted by Crippen LogP contribution is 2.38. The minimum Gasteiger partial charge on any atom is -0.497 e. The molecule has 1 heterocycles. The van der Waals surface area contributed by atoms with Gasteiger partial charge in [-0.3, -0.25) is 9.69 Å². The van der Waals surface area contributed by atoms with E-state index in [0.29, 0.717) is 17.9 Å². The van der Waals surface area contributed by atoms with E-state index in [1.54, 1.807) is 45.4 Å². The van der Waals surface area contributed by atoms with Gasteiger partial charge >= 0.3 is 5.97 Å². The predicted octanol–water partition coefficient (Wildman–Crippen LogP) is 3.66. The lowest BCUT2D eigenvalue weighted by Crippen LogP contribution is -2.33. The summed E-state index contributed by atoms with van der Waals surface area (Å²) in [5.74, 6) is 1.08. The normalized spacial score (nSPS) is 16.2. The van der Waals surface area contributed by atoms with Crippen molar-refractivity contribution >= 4 is 17.6 Å². The monoisotopic (exact) mass is 412 g/mol. The van der Waals surface area contributed by atoms with E-state index in [1.807, 2.05) is 18.2 Å². The van der Waals surface area contributed by atoms with E-state index in [4.69, 9.17) is 14.2 Å². The first-order chi connectivity index (χ1) is 14.5. The molecule has 30 heavy (non-hydrogen) atoms. The smallest absolute Gasteiger partial charge is 0.338 e. The average molecular weight is 412 g/mol. The minimum absolute atomic E-state index is 0.0898. The second kappa shape index (κ2) is 10.1. The molecule has 1 amide bonds. The van der Waals surface area contributed by atoms with E-state index in [9.17, 15) is 9.59 Å². The number of esters is 1. The number of rotatable bonds is 8. The summed E-state index contributed by atoms with van der Waals surface area (Å²) in [6.07, 6.45) is 1.96. The van der Waals surface area contributed by atoms with Crippen LogP contribution in [0.1, 0.15) is 41.7 Å². The number of nitrogens with zero attached hydrogens (tertiary/aromatic N) is 1. The fraction of sp³-hybridized carbons (Fsp3) is 0.391. The number of benzene rings is 2. The van der Waals surface area contributed by atoms with Gasteiger partial charge in [-0.15, -0.1) is 0 Å². The molecule has 0 unspecified atom stereocenters. The highest BCUT2D eigenvalue weighted by atomic mass is 16.5. The van der Waals surface area contributed by atoms with Crippen molar-refractivity contribution in [3.05, 3.63) is 53.6 Å². The van der Waals surface area contributed by atoms with Crippen LogP contribution < -0.4 is 14.8 Å². The molecule has 1 N–H and O–H groups in total. The summed E-state index contributed by atoms with van der Waals surface area (Å²) in [5, 5.41) is 2.90. The Kier molecular flexibility index (Phi) is 7.30. The number of anilines is 1. The van der Waals surface area contributed by atoms with Gasteiger partial charge in [0.1, 0.15) is 11.5 Å². The van der Waals surface area contributed by atoms with Crippen LogP contribution in [0.3, 0.4) is 0 Å². The molecule has 0 radical (unpaired) electrons. The van der Waals surface area contributed by atoms with Gasteiger partial charge in [-0.25, -0.2) is 4.79 Å². The second-order valence-electron chi connectivity index (χ2n) is 7.08. The van der Waals surface area contributed by atoms with Crippen LogP contribution in [-0.4, -0.2) is 50.7 Å². The molecule has 1 saturated heterocycles. The molecule has 2 aromatic carbocycles. The van der Waals surface area contributed by atoms with Gasteiger partial charge in [0.05, 0.1) is 32.9 Å². The van der Waals surface area contributed by atoms with E-state index in [-0.39, 0.29) is 24.5 Å². The van der Waals surface area contributed by atoms with Gasteiger partial charge in [-0.2, -0.15) is 0 Å². The van der Waals surface area contributed by atoms with E-state index in [1.165, 1.54) is 0 Å². The summed E-state index contributed by atoms with van der Waals surface area (Å²) in [5.41, 5.74) is 2.13. The third-order valence-corrected chi connectivity index (χ3v) is 5.19. The highest BCUT2D eigenvalue weighted by molar-refractivity contribution is 5.94. The van der Waals surface area contributed by atoms with Gasteiger partial charge in [-0.05, 0) is 68.8 Å². The van der Waals surface area contributed by atoms with E-state index in [0.717, 1.165) is 36.4 Å². The molecule has 2 aromatic rings. The molecule has 0 spiro atoms. The number of methoxy groups -OCH3 is 2. The van der Waals surface area contributed by atoms with Gasteiger partial charge in [0.25, 0.3) is 0 Å². The van der Waals surface area contributed by atoms with Crippen LogP contribution in [0.5, 0.6) is 11.5 Å². The molecule has 0 aromatic heterocycles. The lowest BCUT2D eigenvalue weighted by atomic mass is 10.0. The molecule has 0 saturated carbocycles. The Morgan fingerprint density at radius 2 is 1.87 bits per heavy atom. The van der Waals surface area contributed by atoms with Crippen molar-refractivity contribution in [1.82, 2.24) is 4.90 Å². The fourth-order valence-electron chi connectivity index (χ4n) is 3.76. The summed E-state index contributed by atoms with van der Waals surface area (Å²) in [6.45, 7) is 3.19. The quantitative estimate of drug-likeness (QED) is 0.667. The molecular formula is C23H28N2O5. The first-order valence-electron chi connectivity index (χ1n) is 10.1. The molecule has 1 atom stereocenters. The maximum Gasteiger partial charge on any atom is 0.338 e. The van der Waals surface area contributed by atoms with Crippen LogP contribution in [0, 0.1) is 0 Å². The van der Waals surface area contributed by atoms with Crippen LogP contribution in [0.2, 0.25) is 0 Å². The largest absolute Gasteiger partial charge is 0.497 e. The van der Waals surface area contributed by atoms with Crippen LogP contribution in [-0.2, 0) is 9.53 Å². The topological polar surface area (TPSA) is 77.1 Å². The molecule has 3 rings (SSSR count). The zero-order valence-electron chi connectivity index (χ0n) is 17.6. The standard InChI is InChI=1S/C23H28N2O5/c1-4-30-23(27)16-7-9-17(10-8-16)24-22(26)15-25-13-5-6-20(25)19-14-18(28-2)11-12-21(19)29-3/h7-12,14,20H,4-6,13,15H2,1-3H3,(H,24,26)/t20-/m0/s1. The SMILES string of the molecule is CCOC(=O)c1ccc(NC(=O)CN2CCC[C@H]2c2cc(OC)ccc2OC)cc1. The van der Waals surface area contributed by atoms with E-state index < -0.39 is 0 Å². The number of likely N-dealkylation sites (tertiary alicyclic amines) is 1. The third-order valence-electron chi connectivity index (χ3n) is 5.19. The summed E-state index contributed by atoms with van der Waals surface area (Å²) in [4.78, 5) is 26.5. The zero-order chi connectivity index (χ0) is 21.5. The van der Waals surface area contributed by atoms with Crippen LogP contribution in [0.25, 0.3) is 0 Å². The van der Waals surface area contributed by atoms with Crippen molar-refractivity contribution in [2.75, 3.05) is 39.2 Å². The number of carbonyl (C=O) groups excluding carboxylic acids is 2. The Morgan fingerprint density at radius 3 is 2.53 bits per heavy atom. The zero-order valence-corrected chi connectivity index (χ0v) is 17.6. The van der Waals surface area contributed by atoms with Crippen molar-refractivity contribution in [3.8, 4) is 11.5 Å². The second-order valence-corrected chi connectivity index (χ2v) is 7.08. The lowest BCUT2D eigenvalue weighted by Gasteiger charge is -2.26. The van der Waals surface area contributed by atoms with Crippen molar-refractivity contribution in [3.63, 3.8) is 0 Å². The average Bonchev–Trinajstić information content (AvgIpc) is 3.21. The maximum absolute atomic E-state index is 12.6. The van der Waals surface area contributed by atoms with Crippen molar-refractivity contribution in [1.29, 1.82) is 0 Å². The Morgan fingerprint density at radius 1 is 1.10 bits per heavy atom. The summed E-state index contributed by atoms with van der Waals surface area (Å²) >= 11 is 0. The van der Waals surface area contributed by atoms with Gasteiger partial charge in [0.2, 0.25) is 5.91 Å². The van der Waals surface area contributed by atoms with Gasteiger partial charge < -0.3 is 19.5 Å². The molecule has 7 heteroatoms. The maximum atomic E-state index is 12.6. The lowest BCUT2D eigenvalue weighted by molar-refractivity contribution is -0.117. The molecule has 1 aliphatic rings. The Labute approximate surface area is 176 Å². The first kappa shape index (κ1) is 21.6. The Hall–Kier alpha value is -3.06. The molecule has 0 bridgehead atoms. The molecule has 7 nitrogen and oxygen atoms in total. The number of carbonyl (C=O) groups is 2. The highest BCUT2D eigenvalue weighted by Gasteiger charge is 2.30. The predicted molar refractivity (Wildman–Crippen MR) is 114 cm³/mol.